The molecule has 0 atom stereocenters. The van der Waals surface area contributed by atoms with Crippen LogP contribution in [0.1, 0.15) is 11.3 Å². The number of amides is 1. The lowest BCUT2D eigenvalue weighted by Crippen LogP contribution is -2.13. The Morgan fingerprint density at radius 3 is 2.78 bits per heavy atom. The van der Waals surface area contributed by atoms with Crippen LogP contribution in [0, 0.1) is 0 Å². The molecule has 1 aromatic heterocycles. The van der Waals surface area contributed by atoms with E-state index in [1.165, 1.54) is 12.6 Å². The summed E-state index contributed by atoms with van der Waals surface area (Å²) in [5.74, 6) is 0.489. The summed E-state index contributed by atoms with van der Waals surface area (Å²) >= 11 is 0. The zero-order chi connectivity index (χ0) is 12.8. The summed E-state index contributed by atoms with van der Waals surface area (Å²) < 4.78 is 9.87. The zero-order valence-corrected chi connectivity index (χ0v) is 9.63. The Kier molecular flexibility index (Phi) is 3.93. The second-order valence-electron chi connectivity index (χ2n) is 3.57. The lowest BCUT2D eigenvalue weighted by molar-refractivity contribution is 0.146. The number of nitrogens with two attached hydrogens (primary N) is 1. The highest BCUT2D eigenvalue weighted by atomic mass is 16.6. The Labute approximate surface area is 104 Å². The van der Waals surface area contributed by atoms with E-state index in [1.807, 2.05) is 12.1 Å². The third-order valence-corrected chi connectivity index (χ3v) is 2.27. The van der Waals surface area contributed by atoms with Crippen LogP contribution in [0.25, 0.3) is 0 Å². The first kappa shape index (κ1) is 12.1. The molecule has 1 aromatic carbocycles. The number of rotatable bonds is 4. The van der Waals surface area contributed by atoms with E-state index >= 15 is 0 Å². The zero-order valence-electron chi connectivity index (χ0n) is 9.63. The Balaban J connectivity index is 1.83. The van der Waals surface area contributed by atoms with E-state index in [0.717, 1.165) is 5.56 Å². The number of hydrogen-bond acceptors (Lipinski definition) is 5. The van der Waals surface area contributed by atoms with Gasteiger partial charge in [0.05, 0.1) is 6.20 Å². The van der Waals surface area contributed by atoms with Crippen molar-refractivity contribution in [1.82, 2.24) is 4.98 Å². The monoisotopic (exact) mass is 247 g/mol. The highest BCUT2D eigenvalue weighted by molar-refractivity contribution is 5.84. The quantitative estimate of drug-likeness (QED) is 0.860. The molecule has 0 aliphatic heterocycles. The summed E-state index contributed by atoms with van der Waals surface area (Å²) in [4.78, 5) is 15.2. The van der Waals surface area contributed by atoms with E-state index in [9.17, 15) is 4.79 Å². The predicted molar refractivity (Wildman–Crippen MR) is 64.6 cm³/mol. The number of benzene rings is 1. The Morgan fingerprint density at radius 2 is 2.17 bits per heavy atom. The van der Waals surface area contributed by atoms with Crippen molar-refractivity contribution in [3.05, 3.63) is 48.2 Å². The Bertz CT molecular complexity index is 494. The molecule has 0 fully saturated rings. The number of ether oxygens (including phenoxy) is 1. The van der Waals surface area contributed by atoms with Crippen molar-refractivity contribution in [2.24, 2.45) is 5.73 Å². The summed E-state index contributed by atoms with van der Waals surface area (Å²) in [5, 5.41) is 2.59. The predicted octanol–water partition coefficient (Wildman–Crippen LogP) is 1.88. The molecule has 18 heavy (non-hydrogen) atoms. The maximum absolute atomic E-state index is 11.4. The summed E-state index contributed by atoms with van der Waals surface area (Å²) in [6.07, 6.45) is 2.22. The molecule has 0 saturated carbocycles. The topological polar surface area (TPSA) is 90.4 Å². The second-order valence-corrected chi connectivity index (χ2v) is 3.57. The minimum absolute atomic E-state index is 0.0483. The SMILES string of the molecule is NCc1ccc(NC(=O)OCc2cnco2)cc1. The third kappa shape index (κ3) is 3.33. The van der Waals surface area contributed by atoms with E-state index in [0.29, 0.717) is 18.0 Å². The van der Waals surface area contributed by atoms with Gasteiger partial charge in [0.2, 0.25) is 0 Å². The minimum Gasteiger partial charge on any atom is -0.445 e. The molecule has 2 aromatic rings. The van der Waals surface area contributed by atoms with Crippen molar-refractivity contribution in [2.75, 3.05) is 5.32 Å². The molecule has 0 saturated heterocycles. The lowest BCUT2D eigenvalue weighted by Gasteiger charge is -2.06. The molecular weight excluding hydrogens is 234 g/mol. The van der Waals surface area contributed by atoms with Gasteiger partial charge in [-0.15, -0.1) is 0 Å². The summed E-state index contributed by atoms with van der Waals surface area (Å²) in [6.45, 7) is 0.517. The summed E-state index contributed by atoms with van der Waals surface area (Å²) in [6, 6.07) is 7.20. The average molecular weight is 247 g/mol. The van der Waals surface area contributed by atoms with Gasteiger partial charge in [-0.2, -0.15) is 0 Å². The number of nitrogens with zero attached hydrogens (tertiary/aromatic N) is 1. The molecule has 2 rings (SSSR count). The molecule has 0 aliphatic rings. The van der Waals surface area contributed by atoms with Crippen LogP contribution in [0.2, 0.25) is 0 Å². The lowest BCUT2D eigenvalue weighted by atomic mass is 10.2. The molecule has 0 radical (unpaired) electrons. The molecule has 94 valence electrons. The first-order valence-electron chi connectivity index (χ1n) is 5.38. The molecule has 1 heterocycles. The van der Waals surface area contributed by atoms with Gasteiger partial charge in [0.25, 0.3) is 0 Å². The van der Waals surface area contributed by atoms with Crippen molar-refractivity contribution < 1.29 is 13.9 Å². The van der Waals surface area contributed by atoms with Gasteiger partial charge in [0, 0.05) is 12.2 Å². The van der Waals surface area contributed by atoms with Crippen molar-refractivity contribution in [3.63, 3.8) is 0 Å². The molecule has 6 nitrogen and oxygen atoms in total. The van der Waals surface area contributed by atoms with Crippen LogP contribution in [-0.2, 0) is 17.9 Å². The van der Waals surface area contributed by atoms with Crippen molar-refractivity contribution in [1.29, 1.82) is 0 Å². The van der Waals surface area contributed by atoms with Gasteiger partial charge in [0.15, 0.2) is 18.8 Å². The van der Waals surface area contributed by atoms with Crippen LogP contribution in [0.3, 0.4) is 0 Å². The number of carbonyl (C=O) groups is 1. The maximum Gasteiger partial charge on any atom is 0.412 e. The fourth-order valence-corrected chi connectivity index (χ4v) is 1.33. The maximum atomic E-state index is 11.4. The first-order valence-corrected chi connectivity index (χ1v) is 5.38. The van der Waals surface area contributed by atoms with Crippen LogP contribution in [0.4, 0.5) is 10.5 Å². The fraction of sp³-hybridized carbons (Fsp3) is 0.167. The van der Waals surface area contributed by atoms with E-state index in [2.05, 4.69) is 10.3 Å². The van der Waals surface area contributed by atoms with Crippen molar-refractivity contribution in [2.45, 2.75) is 13.2 Å². The number of aromatic nitrogens is 1. The number of anilines is 1. The minimum atomic E-state index is -0.549. The second kappa shape index (κ2) is 5.83. The van der Waals surface area contributed by atoms with E-state index in [-0.39, 0.29) is 6.61 Å². The van der Waals surface area contributed by atoms with E-state index in [4.69, 9.17) is 14.9 Å². The number of oxazole rings is 1. The highest BCUT2D eigenvalue weighted by Crippen LogP contribution is 2.10. The van der Waals surface area contributed by atoms with Gasteiger partial charge < -0.3 is 14.9 Å². The van der Waals surface area contributed by atoms with Crippen LogP contribution >= 0.6 is 0 Å². The van der Waals surface area contributed by atoms with Gasteiger partial charge in [-0.25, -0.2) is 9.78 Å². The van der Waals surface area contributed by atoms with Gasteiger partial charge in [0.1, 0.15) is 0 Å². The van der Waals surface area contributed by atoms with Crippen LogP contribution in [-0.4, -0.2) is 11.1 Å². The van der Waals surface area contributed by atoms with E-state index in [1.54, 1.807) is 12.1 Å². The van der Waals surface area contributed by atoms with Gasteiger partial charge in [-0.05, 0) is 17.7 Å². The largest absolute Gasteiger partial charge is 0.445 e. The first-order chi connectivity index (χ1) is 8.78. The van der Waals surface area contributed by atoms with Crippen LogP contribution in [0.5, 0.6) is 0 Å². The van der Waals surface area contributed by atoms with E-state index < -0.39 is 6.09 Å². The summed E-state index contributed by atoms with van der Waals surface area (Å²) in [5.41, 5.74) is 7.12. The van der Waals surface area contributed by atoms with Crippen molar-refractivity contribution in [3.8, 4) is 0 Å². The van der Waals surface area contributed by atoms with Crippen LogP contribution < -0.4 is 11.1 Å². The highest BCUT2D eigenvalue weighted by Gasteiger charge is 2.05. The Morgan fingerprint density at radius 1 is 1.39 bits per heavy atom. The number of nitrogens with one attached hydrogen (secondary N) is 1. The van der Waals surface area contributed by atoms with Crippen LogP contribution in [0.15, 0.2) is 41.3 Å². The van der Waals surface area contributed by atoms with Gasteiger partial charge in [-0.1, -0.05) is 12.1 Å². The molecule has 0 unspecified atom stereocenters. The molecule has 0 spiro atoms. The summed E-state index contributed by atoms with van der Waals surface area (Å²) in [7, 11) is 0. The third-order valence-electron chi connectivity index (χ3n) is 2.27. The normalized spacial score (nSPS) is 10.1. The van der Waals surface area contributed by atoms with Gasteiger partial charge >= 0.3 is 6.09 Å². The smallest absolute Gasteiger partial charge is 0.412 e. The number of carbonyl (C=O) groups excluding carboxylic acids is 1. The molecule has 3 N–H and O–H groups in total. The standard InChI is InChI=1S/C12H13N3O3/c13-5-9-1-3-10(4-2-9)15-12(16)17-7-11-6-14-8-18-11/h1-4,6,8H,5,7,13H2,(H,15,16). The Hall–Kier alpha value is -2.34. The van der Waals surface area contributed by atoms with Crippen molar-refractivity contribution >= 4 is 11.8 Å². The fourth-order valence-electron chi connectivity index (χ4n) is 1.33. The molecule has 6 heteroatoms. The molecule has 1 amide bonds. The number of hydrogen-bond donors (Lipinski definition) is 2. The molecule has 0 bridgehead atoms. The molecular formula is C12H13N3O3. The van der Waals surface area contributed by atoms with Gasteiger partial charge in [-0.3, -0.25) is 5.32 Å². The average Bonchev–Trinajstić information content (AvgIpc) is 2.90. The molecule has 0 aliphatic carbocycles.